The summed E-state index contributed by atoms with van der Waals surface area (Å²) in [6, 6.07) is 0. The van der Waals surface area contributed by atoms with E-state index >= 15 is 0 Å². The maximum absolute atomic E-state index is 7.76. The molecule has 0 saturated carbocycles. The average Bonchev–Trinajstić information content (AvgIpc) is 2.78. The van der Waals surface area contributed by atoms with Crippen LogP contribution in [0.25, 0.3) is 0 Å². The molecular weight excluding hydrogens is 438 g/mol. The van der Waals surface area contributed by atoms with Crippen LogP contribution in [0.4, 0.5) is 0 Å². The minimum Gasteiger partial charge on any atom is -0.392 e. The summed E-state index contributed by atoms with van der Waals surface area (Å²) in [6.45, 7) is 17.1. The van der Waals surface area contributed by atoms with Gasteiger partial charge in [0.15, 0.2) is 0 Å². The van der Waals surface area contributed by atoms with Gasteiger partial charge in [0.1, 0.15) is 11.5 Å². The summed E-state index contributed by atoms with van der Waals surface area (Å²) in [4.78, 5) is 14.0. The number of thiol groups is 2. The van der Waals surface area contributed by atoms with Gasteiger partial charge in [0, 0.05) is 49.2 Å². The second-order valence-corrected chi connectivity index (χ2v) is 7.49. The third kappa shape index (κ3) is 11.5. The van der Waals surface area contributed by atoms with Crippen LogP contribution < -0.4 is 5.32 Å². The van der Waals surface area contributed by atoms with Gasteiger partial charge < -0.3 is 14.7 Å². The van der Waals surface area contributed by atoms with Crippen molar-refractivity contribution in [2.75, 3.05) is 26.7 Å². The second kappa shape index (κ2) is 18.5. The van der Waals surface area contributed by atoms with Gasteiger partial charge in [0.2, 0.25) is 0 Å². The second-order valence-electron chi connectivity index (χ2n) is 6.52. The first-order valence-electron chi connectivity index (χ1n) is 10.3. The Morgan fingerprint density at radius 2 is 2.06 bits per heavy atom. The molecule has 2 rings (SSSR count). The Morgan fingerprint density at radius 3 is 2.59 bits per heavy atom. The molecule has 0 aliphatic carbocycles. The highest BCUT2D eigenvalue weighted by Crippen LogP contribution is 2.27. The average molecular weight is 480 g/mol. The summed E-state index contributed by atoms with van der Waals surface area (Å²) in [5, 5.41) is 10.9. The molecule has 6 nitrogen and oxygen atoms in total. The Kier molecular flexibility index (Phi) is 18.6. The lowest BCUT2D eigenvalue weighted by Gasteiger charge is -2.28. The molecule has 32 heavy (non-hydrogen) atoms. The summed E-state index contributed by atoms with van der Waals surface area (Å²) in [5.41, 5.74) is 3.57. The van der Waals surface area contributed by atoms with Gasteiger partial charge >= 0.3 is 0 Å². The summed E-state index contributed by atoms with van der Waals surface area (Å²) in [5.74, 6) is 1.30. The molecule has 0 radical (unpaired) electrons. The van der Waals surface area contributed by atoms with Crippen LogP contribution in [0.3, 0.4) is 0 Å². The van der Waals surface area contributed by atoms with Crippen molar-refractivity contribution in [2.24, 2.45) is 20.9 Å². The number of hydrogen-bond acceptors (Lipinski definition) is 8. The molecule has 2 aliphatic rings. The predicted molar refractivity (Wildman–Crippen MR) is 150 cm³/mol. The van der Waals surface area contributed by atoms with Gasteiger partial charge in [-0.05, 0) is 24.8 Å². The van der Waals surface area contributed by atoms with Crippen LogP contribution in [0.2, 0.25) is 0 Å². The maximum atomic E-state index is 7.76. The van der Waals surface area contributed by atoms with E-state index in [2.05, 4.69) is 71.9 Å². The Hall–Kier alpha value is -2.03. The van der Waals surface area contributed by atoms with Crippen LogP contribution in [0.15, 0.2) is 74.1 Å². The van der Waals surface area contributed by atoms with Crippen LogP contribution in [0.5, 0.6) is 0 Å². The topological polar surface area (TPSA) is 72.6 Å². The molecule has 0 saturated heterocycles. The van der Waals surface area contributed by atoms with Crippen molar-refractivity contribution >= 4 is 43.6 Å². The van der Waals surface area contributed by atoms with E-state index in [0.29, 0.717) is 10.8 Å². The molecule has 2 aliphatic heterocycles. The van der Waals surface area contributed by atoms with E-state index in [4.69, 9.17) is 5.11 Å². The Bertz CT molecular complexity index is 779. The van der Waals surface area contributed by atoms with E-state index in [0.717, 1.165) is 47.9 Å². The van der Waals surface area contributed by atoms with Crippen LogP contribution >= 0.6 is 25.4 Å². The highest BCUT2D eigenvalue weighted by Gasteiger charge is 2.20. The standard InChI is InChI=1S/C18H25N5S2.C3H6O.C2H6.CH4/c1-12-7-15(9-20-8-12)10-21-11-16(24)14(3)22-17-13(2)5-6-23(25)18(17)19-4;1-2-3-4;1-2;/h7,9-12,19,24-25H,2,5-6,8H2,1,3-4H3;2,4H,1,3H2;1-2H3;1H4/b16-11-,21-10?,22-14?;;;. The molecular formula is C24H41N5OS2. The molecule has 0 spiro atoms. The van der Waals surface area contributed by atoms with Gasteiger partial charge in [0.05, 0.1) is 12.3 Å². The molecule has 1 atom stereocenters. The van der Waals surface area contributed by atoms with E-state index in [1.807, 2.05) is 38.3 Å². The first-order chi connectivity index (χ1) is 14.8. The molecule has 0 fully saturated rings. The lowest BCUT2D eigenvalue weighted by molar-refractivity contribution is 0.343. The summed E-state index contributed by atoms with van der Waals surface area (Å²) in [6.07, 6.45) is 9.74. The molecule has 0 aromatic carbocycles. The summed E-state index contributed by atoms with van der Waals surface area (Å²) in [7, 11) is 1.85. The third-order valence-corrected chi connectivity index (χ3v) is 4.83. The number of rotatable bonds is 6. The first kappa shape index (κ1) is 32.2. The summed E-state index contributed by atoms with van der Waals surface area (Å²) >= 11 is 8.97. The molecule has 2 N–H and O–H groups in total. The highest BCUT2D eigenvalue weighted by molar-refractivity contribution is 7.85. The molecule has 2 heterocycles. The van der Waals surface area contributed by atoms with Gasteiger partial charge in [-0.1, -0.05) is 59.7 Å². The fourth-order valence-corrected chi connectivity index (χ4v) is 2.89. The van der Waals surface area contributed by atoms with Crippen molar-refractivity contribution in [2.45, 2.75) is 41.5 Å². The van der Waals surface area contributed by atoms with E-state index in [1.165, 1.54) is 6.08 Å². The minimum atomic E-state index is 0. The third-order valence-electron chi connectivity index (χ3n) is 3.99. The summed E-state index contributed by atoms with van der Waals surface area (Å²) < 4.78 is 1.84. The van der Waals surface area contributed by atoms with Crippen molar-refractivity contribution in [1.29, 1.82) is 0 Å². The Morgan fingerprint density at radius 1 is 1.44 bits per heavy atom. The number of allylic oxidation sites excluding steroid dienone is 3. The number of aliphatic imine (C=N–C) groups is 3. The van der Waals surface area contributed by atoms with Gasteiger partial charge in [0.25, 0.3) is 0 Å². The van der Waals surface area contributed by atoms with Crippen molar-refractivity contribution in [3.63, 3.8) is 0 Å². The molecule has 180 valence electrons. The number of hydrogen-bond donors (Lipinski definition) is 4. The number of aliphatic hydroxyl groups is 1. The highest BCUT2D eigenvalue weighted by atomic mass is 32.1. The fraction of sp³-hybridized carbons (Fsp3) is 0.458. The molecule has 0 aromatic rings. The number of dihydropyridines is 1. The monoisotopic (exact) mass is 479 g/mol. The smallest absolute Gasteiger partial charge is 0.138 e. The van der Waals surface area contributed by atoms with Gasteiger partial charge in [-0.2, -0.15) is 0 Å². The molecule has 0 aromatic heterocycles. The van der Waals surface area contributed by atoms with Crippen LogP contribution in [-0.4, -0.2) is 54.3 Å². The van der Waals surface area contributed by atoms with Crippen LogP contribution in [0.1, 0.15) is 41.5 Å². The van der Waals surface area contributed by atoms with Crippen LogP contribution in [0, 0.1) is 5.92 Å². The van der Waals surface area contributed by atoms with Crippen molar-refractivity contribution in [3.05, 3.63) is 59.1 Å². The quantitative estimate of drug-likeness (QED) is 0.239. The molecule has 0 amide bonds. The SMILES string of the molecule is C.C=C1CCN(S)C(NC)=C1N=C(C)/C(S)=C/N=CC1=CC(C)CN=C1.C=CCO.CC. The van der Waals surface area contributed by atoms with Crippen molar-refractivity contribution in [1.82, 2.24) is 9.62 Å². The Balaban J connectivity index is 0. The number of nitrogens with one attached hydrogen (secondary N) is 1. The predicted octanol–water partition coefficient (Wildman–Crippen LogP) is 5.26. The van der Waals surface area contributed by atoms with Crippen molar-refractivity contribution in [3.8, 4) is 0 Å². The van der Waals surface area contributed by atoms with E-state index in [1.54, 1.807) is 12.4 Å². The minimum absolute atomic E-state index is 0. The van der Waals surface area contributed by atoms with Gasteiger partial charge in [-0.15, -0.1) is 19.2 Å². The van der Waals surface area contributed by atoms with Gasteiger partial charge in [-0.3, -0.25) is 9.98 Å². The first-order valence-corrected chi connectivity index (χ1v) is 11.2. The van der Waals surface area contributed by atoms with E-state index in [9.17, 15) is 0 Å². The molecule has 0 bridgehead atoms. The maximum Gasteiger partial charge on any atom is 0.138 e. The zero-order chi connectivity index (χ0) is 23.8. The van der Waals surface area contributed by atoms with Crippen molar-refractivity contribution < 1.29 is 5.11 Å². The number of nitrogens with zero attached hydrogens (tertiary/aromatic N) is 4. The normalized spacial score (nSPS) is 18.8. The largest absolute Gasteiger partial charge is 0.392 e. The van der Waals surface area contributed by atoms with E-state index in [-0.39, 0.29) is 14.0 Å². The van der Waals surface area contributed by atoms with Crippen LogP contribution in [-0.2, 0) is 0 Å². The lowest BCUT2D eigenvalue weighted by Crippen LogP contribution is -2.29. The Labute approximate surface area is 206 Å². The fourth-order valence-electron chi connectivity index (χ4n) is 2.48. The van der Waals surface area contributed by atoms with Gasteiger partial charge in [-0.25, -0.2) is 4.99 Å². The zero-order valence-electron chi connectivity index (χ0n) is 19.3. The zero-order valence-corrected chi connectivity index (χ0v) is 21.1. The number of aliphatic hydroxyl groups excluding tert-OH is 1. The molecule has 8 heteroatoms. The molecule has 1 unspecified atom stereocenters. The van der Waals surface area contributed by atoms with E-state index < -0.39 is 0 Å². The lowest BCUT2D eigenvalue weighted by atomic mass is 10.1.